The highest BCUT2D eigenvalue weighted by Crippen LogP contribution is 2.20. The van der Waals surface area contributed by atoms with Gasteiger partial charge in [0.25, 0.3) is 0 Å². The monoisotopic (exact) mass is 264 g/mol. The molecule has 0 atom stereocenters. The van der Waals surface area contributed by atoms with Crippen LogP contribution in [0, 0.1) is 5.41 Å². The molecular formula is C16H28N2O. The summed E-state index contributed by atoms with van der Waals surface area (Å²) in [5, 5.41) is 12.5. The molecule has 0 bridgehead atoms. The Labute approximate surface area is 117 Å². The second kappa shape index (κ2) is 7.39. The van der Waals surface area contributed by atoms with E-state index in [4.69, 9.17) is 5.11 Å². The summed E-state index contributed by atoms with van der Waals surface area (Å²) >= 11 is 0. The van der Waals surface area contributed by atoms with Crippen LogP contribution in [0.15, 0.2) is 24.3 Å². The fourth-order valence-electron chi connectivity index (χ4n) is 1.96. The number of hydrogen-bond acceptors (Lipinski definition) is 3. The van der Waals surface area contributed by atoms with Gasteiger partial charge < -0.3 is 15.3 Å². The molecule has 0 heterocycles. The average Bonchev–Trinajstić information content (AvgIpc) is 2.35. The number of nitrogens with one attached hydrogen (secondary N) is 1. The van der Waals surface area contributed by atoms with Crippen LogP contribution in [0.4, 0.5) is 11.4 Å². The minimum atomic E-state index is 0.194. The topological polar surface area (TPSA) is 35.5 Å². The largest absolute Gasteiger partial charge is 0.395 e. The zero-order chi connectivity index (χ0) is 14.3. The Morgan fingerprint density at radius 1 is 1.16 bits per heavy atom. The summed E-state index contributed by atoms with van der Waals surface area (Å²) in [7, 11) is 0. The third-order valence-corrected chi connectivity index (χ3v) is 3.19. The minimum absolute atomic E-state index is 0.194. The molecule has 1 rings (SSSR count). The number of likely N-dealkylation sites (N-methyl/N-ethyl adjacent to an activating group) is 1. The molecule has 0 saturated carbocycles. The van der Waals surface area contributed by atoms with Crippen LogP contribution >= 0.6 is 0 Å². The van der Waals surface area contributed by atoms with Crippen molar-refractivity contribution in [1.82, 2.24) is 0 Å². The highest BCUT2D eigenvalue weighted by Gasteiger charge is 2.09. The van der Waals surface area contributed by atoms with Gasteiger partial charge in [-0.3, -0.25) is 0 Å². The Bertz CT molecular complexity index is 354. The summed E-state index contributed by atoms with van der Waals surface area (Å²) in [5.41, 5.74) is 2.69. The predicted octanol–water partition coefficient (Wildman–Crippen LogP) is 3.35. The first kappa shape index (κ1) is 15.8. The van der Waals surface area contributed by atoms with Gasteiger partial charge in [-0.15, -0.1) is 0 Å². The highest BCUT2D eigenvalue weighted by molar-refractivity contribution is 5.55. The molecular weight excluding hydrogens is 236 g/mol. The number of hydrogen-bond donors (Lipinski definition) is 2. The van der Waals surface area contributed by atoms with Crippen molar-refractivity contribution in [2.45, 2.75) is 34.1 Å². The van der Waals surface area contributed by atoms with E-state index < -0.39 is 0 Å². The molecule has 0 saturated heterocycles. The number of aliphatic hydroxyl groups excluding tert-OH is 1. The van der Waals surface area contributed by atoms with Crippen molar-refractivity contribution in [3.8, 4) is 0 Å². The summed E-state index contributed by atoms with van der Waals surface area (Å²) < 4.78 is 0. The van der Waals surface area contributed by atoms with Crippen molar-refractivity contribution < 1.29 is 5.11 Å². The summed E-state index contributed by atoms with van der Waals surface area (Å²) in [6.07, 6.45) is 1.15. The molecule has 0 amide bonds. The summed E-state index contributed by atoms with van der Waals surface area (Å²) in [5.74, 6) is 0. The lowest BCUT2D eigenvalue weighted by Gasteiger charge is -2.22. The van der Waals surface area contributed by atoms with Gasteiger partial charge in [-0.05, 0) is 43.0 Å². The molecule has 0 radical (unpaired) electrons. The fourth-order valence-corrected chi connectivity index (χ4v) is 1.96. The minimum Gasteiger partial charge on any atom is -0.395 e. The maximum Gasteiger partial charge on any atom is 0.0606 e. The third kappa shape index (κ3) is 5.97. The van der Waals surface area contributed by atoms with E-state index in [1.165, 1.54) is 0 Å². The van der Waals surface area contributed by atoms with E-state index in [0.29, 0.717) is 12.0 Å². The summed E-state index contributed by atoms with van der Waals surface area (Å²) in [4.78, 5) is 2.17. The number of benzene rings is 1. The Hall–Kier alpha value is -1.22. The van der Waals surface area contributed by atoms with Crippen LogP contribution in [0.5, 0.6) is 0 Å². The van der Waals surface area contributed by atoms with E-state index in [2.05, 4.69) is 62.2 Å². The second-order valence-electron chi connectivity index (χ2n) is 6.09. The van der Waals surface area contributed by atoms with Crippen LogP contribution in [-0.4, -0.2) is 31.3 Å². The van der Waals surface area contributed by atoms with Crippen molar-refractivity contribution in [1.29, 1.82) is 0 Å². The zero-order valence-corrected chi connectivity index (χ0v) is 12.7. The lowest BCUT2D eigenvalue weighted by molar-refractivity contribution is 0.302. The van der Waals surface area contributed by atoms with Gasteiger partial charge in [-0.25, -0.2) is 0 Å². The molecule has 1 aromatic carbocycles. The first-order valence-corrected chi connectivity index (χ1v) is 7.16. The van der Waals surface area contributed by atoms with Crippen LogP contribution in [0.2, 0.25) is 0 Å². The Morgan fingerprint density at radius 2 is 1.79 bits per heavy atom. The SMILES string of the molecule is CCN(CCO)c1ccc(NCCC(C)(C)C)cc1. The lowest BCUT2D eigenvalue weighted by Crippen LogP contribution is -2.25. The Morgan fingerprint density at radius 3 is 2.26 bits per heavy atom. The van der Waals surface area contributed by atoms with Crippen LogP contribution < -0.4 is 10.2 Å². The average molecular weight is 264 g/mol. The van der Waals surface area contributed by atoms with E-state index in [1.807, 2.05) is 0 Å². The van der Waals surface area contributed by atoms with Gasteiger partial charge in [0.1, 0.15) is 0 Å². The van der Waals surface area contributed by atoms with E-state index >= 15 is 0 Å². The Kier molecular flexibility index (Phi) is 6.16. The van der Waals surface area contributed by atoms with E-state index in [9.17, 15) is 0 Å². The van der Waals surface area contributed by atoms with Gasteiger partial charge in [0.05, 0.1) is 6.61 Å². The van der Waals surface area contributed by atoms with E-state index in [1.54, 1.807) is 0 Å². The standard InChI is InChI=1S/C16H28N2O/c1-5-18(12-13-19)15-8-6-14(7-9-15)17-11-10-16(2,3)4/h6-9,17,19H,5,10-13H2,1-4H3. The van der Waals surface area contributed by atoms with Crippen molar-refractivity contribution in [3.63, 3.8) is 0 Å². The molecule has 3 nitrogen and oxygen atoms in total. The fraction of sp³-hybridized carbons (Fsp3) is 0.625. The maximum atomic E-state index is 9.02. The van der Waals surface area contributed by atoms with Gasteiger partial charge in [0.2, 0.25) is 0 Å². The molecule has 1 aromatic rings. The lowest BCUT2D eigenvalue weighted by atomic mass is 9.92. The Balaban J connectivity index is 2.51. The zero-order valence-electron chi connectivity index (χ0n) is 12.7. The molecule has 2 N–H and O–H groups in total. The normalized spacial score (nSPS) is 11.4. The predicted molar refractivity (Wildman–Crippen MR) is 84.0 cm³/mol. The highest BCUT2D eigenvalue weighted by atomic mass is 16.3. The van der Waals surface area contributed by atoms with Gasteiger partial charge in [0.15, 0.2) is 0 Å². The maximum absolute atomic E-state index is 9.02. The molecule has 0 aliphatic heterocycles. The van der Waals surface area contributed by atoms with E-state index in [0.717, 1.165) is 30.9 Å². The molecule has 0 unspecified atom stereocenters. The molecule has 3 heteroatoms. The quantitative estimate of drug-likeness (QED) is 0.792. The third-order valence-electron chi connectivity index (χ3n) is 3.19. The van der Waals surface area contributed by atoms with Crippen molar-refractivity contribution in [3.05, 3.63) is 24.3 Å². The van der Waals surface area contributed by atoms with Crippen molar-refractivity contribution >= 4 is 11.4 Å². The summed E-state index contributed by atoms with van der Waals surface area (Å²) in [6, 6.07) is 8.44. The molecule has 108 valence electrons. The van der Waals surface area contributed by atoms with Crippen LogP contribution in [0.25, 0.3) is 0 Å². The van der Waals surface area contributed by atoms with Gasteiger partial charge in [-0.2, -0.15) is 0 Å². The van der Waals surface area contributed by atoms with Crippen molar-refractivity contribution in [2.75, 3.05) is 36.5 Å². The number of nitrogens with zero attached hydrogens (tertiary/aromatic N) is 1. The molecule has 0 spiro atoms. The van der Waals surface area contributed by atoms with Crippen LogP contribution in [0.1, 0.15) is 34.1 Å². The molecule has 0 fully saturated rings. The molecule has 0 aromatic heterocycles. The molecule has 0 aliphatic carbocycles. The van der Waals surface area contributed by atoms with Crippen LogP contribution in [0.3, 0.4) is 0 Å². The van der Waals surface area contributed by atoms with E-state index in [-0.39, 0.29) is 6.61 Å². The van der Waals surface area contributed by atoms with Gasteiger partial charge >= 0.3 is 0 Å². The van der Waals surface area contributed by atoms with Gasteiger partial charge in [0, 0.05) is 31.0 Å². The van der Waals surface area contributed by atoms with Crippen LogP contribution in [-0.2, 0) is 0 Å². The summed E-state index contributed by atoms with van der Waals surface area (Å²) in [6.45, 7) is 11.7. The number of aliphatic hydroxyl groups is 1. The first-order chi connectivity index (χ1) is 8.96. The number of anilines is 2. The van der Waals surface area contributed by atoms with Gasteiger partial charge in [-0.1, -0.05) is 20.8 Å². The van der Waals surface area contributed by atoms with Crippen molar-refractivity contribution in [2.24, 2.45) is 5.41 Å². The first-order valence-electron chi connectivity index (χ1n) is 7.16. The molecule has 19 heavy (non-hydrogen) atoms. The smallest absolute Gasteiger partial charge is 0.0606 e. The second-order valence-corrected chi connectivity index (χ2v) is 6.09. The number of rotatable bonds is 7. The molecule has 0 aliphatic rings.